The van der Waals surface area contributed by atoms with E-state index >= 15 is 0 Å². The van der Waals surface area contributed by atoms with E-state index in [0.29, 0.717) is 6.04 Å². The molecule has 2 aliphatic rings. The van der Waals surface area contributed by atoms with Gasteiger partial charge in [-0.25, -0.2) is 0 Å². The summed E-state index contributed by atoms with van der Waals surface area (Å²) in [5.41, 5.74) is 0.108. The summed E-state index contributed by atoms with van der Waals surface area (Å²) >= 11 is 0. The normalized spacial score (nSPS) is 30.6. The third-order valence-electron chi connectivity index (χ3n) is 3.19. The van der Waals surface area contributed by atoms with E-state index in [1.54, 1.807) is 0 Å². The van der Waals surface area contributed by atoms with Crippen LogP contribution in [0.5, 0.6) is 0 Å². The lowest BCUT2D eigenvalue weighted by atomic mass is 9.90. The van der Waals surface area contributed by atoms with E-state index in [4.69, 9.17) is 4.74 Å². The maximum Gasteiger partial charge on any atom is 0.106 e. The molecule has 2 heterocycles. The van der Waals surface area contributed by atoms with E-state index in [1.807, 2.05) is 0 Å². The second-order valence-corrected chi connectivity index (χ2v) is 5.65. The maximum atomic E-state index is 6.17. The van der Waals surface area contributed by atoms with Gasteiger partial charge in [0.15, 0.2) is 0 Å². The van der Waals surface area contributed by atoms with Crippen molar-refractivity contribution in [3.8, 4) is 0 Å². The first kappa shape index (κ1) is 10.4. The zero-order valence-corrected chi connectivity index (χ0v) is 9.76. The topological polar surface area (TPSA) is 24.5 Å². The first-order valence-electron chi connectivity index (χ1n) is 5.57. The Balaban J connectivity index is 2.10. The highest BCUT2D eigenvalue weighted by atomic mass is 16.5. The highest BCUT2D eigenvalue weighted by Gasteiger charge is 2.48. The van der Waals surface area contributed by atoms with Crippen LogP contribution in [0.25, 0.3) is 0 Å². The maximum absolute atomic E-state index is 6.17. The number of morpholine rings is 1. The molecule has 82 valence electrons. The predicted octanol–water partition coefficient (Wildman–Crippen LogP) is 0.848. The van der Waals surface area contributed by atoms with Gasteiger partial charge in [-0.15, -0.1) is 0 Å². The molecule has 0 amide bonds. The molecule has 0 bridgehead atoms. The lowest BCUT2D eigenvalue weighted by Gasteiger charge is -2.55. The summed E-state index contributed by atoms with van der Waals surface area (Å²) in [6, 6.07) is 0.621. The molecule has 0 aliphatic carbocycles. The quantitative estimate of drug-likeness (QED) is 0.676. The first-order valence-corrected chi connectivity index (χ1v) is 5.57. The van der Waals surface area contributed by atoms with Crippen molar-refractivity contribution in [3.63, 3.8) is 0 Å². The number of hydrogen-bond donors (Lipinski definition) is 1. The summed E-state index contributed by atoms with van der Waals surface area (Å²) in [5, 5.41) is 3.32. The third kappa shape index (κ3) is 1.81. The van der Waals surface area contributed by atoms with Crippen molar-refractivity contribution in [3.05, 3.63) is 0 Å². The number of nitrogens with one attached hydrogen (secondary N) is 1. The predicted molar refractivity (Wildman–Crippen MR) is 57.5 cm³/mol. The molecule has 0 aromatic heterocycles. The molecule has 0 aromatic rings. The first-order chi connectivity index (χ1) is 6.43. The fraction of sp³-hybridized carbons (Fsp3) is 1.00. The zero-order valence-electron chi connectivity index (χ0n) is 9.76. The van der Waals surface area contributed by atoms with Gasteiger partial charge in [-0.2, -0.15) is 0 Å². The fourth-order valence-corrected chi connectivity index (χ4v) is 2.52. The lowest BCUT2D eigenvalue weighted by molar-refractivity contribution is -0.219. The van der Waals surface area contributed by atoms with E-state index in [2.05, 4.69) is 37.9 Å². The van der Waals surface area contributed by atoms with Gasteiger partial charge < -0.3 is 10.1 Å². The largest absolute Gasteiger partial charge is 0.364 e. The van der Waals surface area contributed by atoms with Crippen LogP contribution in [0.1, 0.15) is 27.7 Å². The minimum atomic E-state index is 0.00458. The van der Waals surface area contributed by atoms with Crippen LogP contribution in [-0.2, 0) is 4.74 Å². The van der Waals surface area contributed by atoms with E-state index in [-0.39, 0.29) is 11.2 Å². The molecular weight excluding hydrogens is 176 g/mol. The molecule has 1 N–H and O–H groups in total. The van der Waals surface area contributed by atoms with Crippen molar-refractivity contribution >= 4 is 0 Å². The Labute approximate surface area is 86.8 Å². The number of nitrogens with zero attached hydrogens (tertiary/aromatic N) is 1. The standard InChI is InChI=1S/C11H22N2O/c1-9(2)13-7-10(3,4)14-11(8-13)5-12-6-11/h9,12H,5-8H2,1-4H3. The SMILES string of the molecule is CC(C)N1CC(C)(C)OC2(CNC2)C1. The average molecular weight is 198 g/mol. The summed E-state index contributed by atoms with van der Waals surface area (Å²) in [6.07, 6.45) is 0. The second-order valence-electron chi connectivity index (χ2n) is 5.65. The van der Waals surface area contributed by atoms with Crippen LogP contribution in [0, 0.1) is 0 Å². The summed E-state index contributed by atoms with van der Waals surface area (Å²) in [5.74, 6) is 0. The van der Waals surface area contributed by atoms with Gasteiger partial charge in [0.1, 0.15) is 5.60 Å². The Morgan fingerprint density at radius 2 is 1.86 bits per heavy atom. The van der Waals surface area contributed by atoms with Crippen LogP contribution in [0.2, 0.25) is 0 Å². The average Bonchev–Trinajstić information content (AvgIpc) is 1.98. The molecule has 2 aliphatic heterocycles. The van der Waals surface area contributed by atoms with E-state index in [0.717, 1.165) is 26.2 Å². The molecule has 14 heavy (non-hydrogen) atoms. The number of hydrogen-bond acceptors (Lipinski definition) is 3. The highest BCUT2D eigenvalue weighted by Crippen LogP contribution is 2.32. The van der Waals surface area contributed by atoms with Crippen molar-refractivity contribution < 1.29 is 4.74 Å². The zero-order chi connectivity index (χ0) is 10.4. The molecule has 2 saturated heterocycles. The summed E-state index contributed by atoms with van der Waals surface area (Å²) in [4.78, 5) is 2.53. The molecule has 0 saturated carbocycles. The van der Waals surface area contributed by atoms with Gasteiger partial charge in [0.05, 0.1) is 5.60 Å². The molecule has 0 unspecified atom stereocenters. The minimum absolute atomic E-state index is 0.00458. The van der Waals surface area contributed by atoms with Crippen LogP contribution in [0.15, 0.2) is 0 Å². The van der Waals surface area contributed by atoms with Crippen molar-refractivity contribution in [2.45, 2.75) is 44.9 Å². The smallest absolute Gasteiger partial charge is 0.106 e. The van der Waals surface area contributed by atoms with E-state index < -0.39 is 0 Å². The van der Waals surface area contributed by atoms with Gasteiger partial charge in [0, 0.05) is 32.2 Å². The molecule has 3 heteroatoms. The summed E-state index contributed by atoms with van der Waals surface area (Å²) in [6.45, 7) is 13.1. The minimum Gasteiger partial charge on any atom is -0.364 e. The second kappa shape index (κ2) is 3.19. The molecule has 2 rings (SSSR count). The van der Waals surface area contributed by atoms with Crippen LogP contribution >= 0.6 is 0 Å². The number of rotatable bonds is 1. The van der Waals surface area contributed by atoms with Gasteiger partial charge >= 0.3 is 0 Å². The van der Waals surface area contributed by atoms with Crippen molar-refractivity contribution in [1.29, 1.82) is 0 Å². The monoisotopic (exact) mass is 198 g/mol. The summed E-state index contributed by atoms with van der Waals surface area (Å²) < 4.78 is 6.17. The number of ether oxygens (including phenoxy) is 1. The Kier molecular flexibility index (Phi) is 2.37. The molecule has 0 radical (unpaired) electrons. The Morgan fingerprint density at radius 3 is 2.29 bits per heavy atom. The Hall–Kier alpha value is -0.120. The summed E-state index contributed by atoms with van der Waals surface area (Å²) in [7, 11) is 0. The Morgan fingerprint density at radius 1 is 1.21 bits per heavy atom. The Bertz CT molecular complexity index is 221. The van der Waals surface area contributed by atoms with Crippen LogP contribution < -0.4 is 5.32 Å². The lowest BCUT2D eigenvalue weighted by Crippen LogP contribution is -2.73. The van der Waals surface area contributed by atoms with Crippen LogP contribution in [0.4, 0.5) is 0 Å². The van der Waals surface area contributed by atoms with Crippen LogP contribution in [-0.4, -0.2) is 48.3 Å². The third-order valence-corrected chi connectivity index (χ3v) is 3.19. The fourth-order valence-electron chi connectivity index (χ4n) is 2.52. The van der Waals surface area contributed by atoms with Crippen molar-refractivity contribution in [2.75, 3.05) is 26.2 Å². The van der Waals surface area contributed by atoms with Gasteiger partial charge in [0.2, 0.25) is 0 Å². The van der Waals surface area contributed by atoms with Gasteiger partial charge in [-0.3, -0.25) is 4.90 Å². The molecular formula is C11H22N2O. The molecule has 3 nitrogen and oxygen atoms in total. The molecule has 2 fully saturated rings. The molecule has 1 spiro atoms. The molecule has 0 aromatic carbocycles. The van der Waals surface area contributed by atoms with Crippen LogP contribution in [0.3, 0.4) is 0 Å². The van der Waals surface area contributed by atoms with Gasteiger partial charge in [-0.1, -0.05) is 0 Å². The van der Waals surface area contributed by atoms with Gasteiger partial charge in [0.25, 0.3) is 0 Å². The van der Waals surface area contributed by atoms with Crippen molar-refractivity contribution in [1.82, 2.24) is 10.2 Å². The van der Waals surface area contributed by atoms with Gasteiger partial charge in [-0.05, 0) is 27.7 Å². The van der Waals surface area contributed by atoms with E-state index in [9.17, 15) is 0 Å². The van der Waals surface area contributed by atoms with Crippen molar-refractivity contribution in [2.24, 2.45) is 0 Å². The highest BCUT2D eigenvalue weighted by molar-refractivity contribution is 5.03. The molecule has 0 atom stereocenters. The van der Waals surface area contributed by atoms with E-state index in [1.165, 1.54) is 0 Å².